The number of hydrogen-bond donors (Lipinski definition) is 0. The van der Waals surface area contributed by atoms with Crippen molar-refractivity contribution in [2.24, 2.45) is 0 Å². The Hall–Kier alpha value is -2.13. The number of aromatic nitrogens is 1. The van der Waals surface area contributed by atoms with Crippen molar-refractivity contribution in [3.8, 4) is 5.88 Å². The molecule has 0 saturated heterocycles. The highest BCUT2D eigenvalue weighted by Gasteiger charge is 2.97. The smallest absolute Gasteiger partial charge is 0.460 e. The SMILES string of the molecule is CCC(O[Si](CCC(F)(F)C(F)(F)C(F)(F)C(F)(F)C(F)(F)C(F)(F)C(F)(F)C(F)(F)C(F)(F)C(F)(F)F)(C(C)C)C(C)C)c1cc([Si](C)(C)C)nc(OC)c1C. The maximum Gasteiger partial charge on any atom is 0.460 e. The highest BCUT2D eigenvalue weighted by Crippen LogP contribution is 2.66. The molecular formula is C31H40F21NO2Si2. The van der Waals surface area contributed by atoms with Crippen LogP contribution in [0.1, 0.15) is 64.7 Å². The summed E-state index contributed by atoms with van der Waals surface area (Å²) in [6, 6.07) is 0.192. The molecule has 1 aromatic rings. The lowest BCUT2D eigenvalue weighted by Crippen LogP contribution is -2.76. The summed E-state index contributed by atoms with van der Waals surface area (Å²) in [5.41, 5.74) is -1.19. The van der Waals surface area contributed by atoms with E-state index in [1.54, 1.807) is 6.07 Å². The third-order valence-electron chi connectivity index (χ3n) is 9.67. The van der Waals surface area contributed by atoms with Gasteiger partial charge >= 0.3 is 59.5 Å². The van der Waals surface area contributed by atoms with Crippen LogP contribution in [-0.4, -0.2) is 88.0 Å². The van der Waals surface area contributed by atoms with E-state index in [0.29, 0.717) is 16.4 Å². The molecule has 1 rings (SSSR count). The number of rotatable bonds is 19. The maximum absolute atomic E-state index is 15.2. The molecule has 0 amide bonds. The van der Waals surface area contributed by atoms with Crippen molar-refractivity contribution in [1.29, 1.82) is 0 Å². The molecule has 0 aromatic carbocycles. The fraction of sp³-hybridized carbons (Fsp3) is 0.839. The molecule has 3 nitrogen and oxygen atoms in total. The quantitative estimate of drug-likeness (QED) is 0.102. The molecule has 0 fully saturated rings. The lowest BCUT2D eigenvalue weighted by Gasteiger charge is -2.45. The Morgan fingerprint density at radius 1 is 0.596 bits per heavy atom. The van der Waals surface area contributed by atoms with Gasteiger partial charge in [0, 0.05) is 17.3 Å². The van der Waals surface area contributed by atoms with Crippen molar-refractivity contribution < 1.29 is 101 Å². The second-order valence-corrected chi connectivity index (χ2v) is 25.0. The van der Waals surface area contributed by atoms with Gasteiger partial charge in [0.25, 0.3) is 0 Å². The fourth-order valence-corrected chi connectivity index (χ4v) is 11.5. The van der Waals surface area contributed by atoms with Gasteiger partial charge in [0.2, 0.25) is 5.88 Å². The van der Waals surface area contributed by atoms with Crippen LogP contribution in [0.2, 0.25) is 36.8 Å². The summed E-state index contributed by atoms with van der Waals surface area (Å²) in [5.74, 6) is -77.1. The van der Waals surface area contributed by atoms with Gasteiger partial charge in [-0.3, -0.25) is 0 Å². The average Bonchev–Trinajstić information content (AvgIpc) is 3.03. The van der Waals surface area contributed by atoms with Gasteiger partial charge in [-0.1, -0.05) is 54.3 Å². The summed E-state index contributed by atoms with van der Waals surface area (Å²) in [7, 11) is -5.17. The van der Waals surface area contributed by atoms with Gasteiger partial charge in [-0.15, -0.1) is 0 Å². The minimum atomic E-state index is -9.21. The number of pyridine rings is 1. The monoisotopic (exact) mass is 913 g/mol. The molecule has 0 spiro atoms. The summed E-state index contributed by atoms with van der Waals surface area (Å²) in [6.07, 6.45) is -11.8. The van der Waals surface area contributed by atoms with Crippen molar-refractivity contribution >= 4 is 21.7 Å². The van der Waals surface area contributed by atoms with E-state index in [4.69, 9.17) is 9.16 Å². The Morgan fingerprint density at radius 3 is 1.25 bits per heavy atom. The topological polar surface area (TPSA) is 31.4 Å². The van der Waals surface area contributed by atoms with Gasteiger partial charge in [0.05, 0.1) is 13.2 Å². The van der Waals surface area contributed by atoms with Crippen molar-refractivity contribution in [2.45, 2.75) is 157 Å². The lowest BCUT2D eigenvalue weighted by molar-refractivity contribution is -0.474. The van der Waals surface area contributed by atoms with Gasteiger partial charge in [-0.05, 0) is 42.1 Å². The van der Waals surface area contributed by atoms with E-state index in [0.717, 1.165) is 0 Å². The molecule has 0 bridgehead atoms. The molecule has 1 heterocycles. The molecule has 0 saturated carbocycles. The molecule has 336 valence electrons. The van der Waals surface area contributed by atoms with E-state index < -0.39 is 106 Å². The predicted octanol–water partition coefficient (Wildman–Crippen LogP) is 12.8. The van der Waals surface area contributed by atoms with Crippen molar-refractivity contribution in [3.05, 3.63) is 17.2 Å². The van der Waals surface area contributed by atoms with E-state index >= 15 is 8.78 Å². The average molecular weight is 914 g/mol. The number of hydrogen-bond acceptors (Lipinski definition) is 3. The number of ether oxygens (including phenoxy) is 1. The van der Waals surface area contributed by atoms with Crippen molar-refractivity contribution in [3.63, 3.8) is 0 Å². The highest BCUT2D eigenvalue weighted by atomic mass is 28.4. The van der Waals surface area contributed by atoms with Gasteiger partial charge in [-0.25, -0.2) is 4.98 Å². The number of nitrogens with zero attached hydrogens (tertiary/aromatic N) is 1. The zero-order chi connectivity index (χ0) is 46.0. The summed E-state index contributed by atoms with van der Waals surface area (Å²) < 4.78 is 305. The summed E-state index contributed by atoms with van der Waals surface area (Å²) in [4.78, 5) is 4.45. The first-order chi connectivity index (χ1) is 24.8. The highest BCUT2D eigenvalue weighted by molar-refractivity contribution is 6.88. The lowest BCUT2D eigenvalue weighted by atomic mass is 9.86. The molecule has 0 aliphatic heterocycles. The zero-order valence-corrected chi connectivity index (χ0v) is 33.6. The van der Waals surface area contributed by atoms with Gasteiger partial charge in [0.1, 0.15) is 8.07 Å². The second kappa shape index (κ2) is 15.7. The fourth-order valence-electron chi connectivity index (χ4n) is 5.83. The first kappa shape index (κ1) is 52.9. The van der Waals surface area contributed by atoms with Crippen LogP contribution in [0.15, 0.2) is 6.07 Å². The van der Waals surface area contributed by atoms with Crippen LogP contribution in [-0.2, 0) is 4.43 Å². The predicted molar refractivity (Wildman–Crippen MR) is 169 cm³/mol. The molecule has 1 unspecified atom stereocenters. The van der Waals surface area contributed by atoms with Gasteiger partial charge in [-0.2, -0.15) is 92.2 Å². The van der Waals surface area contributed by atoms with Crippen molar-refractivity contribution in [1.82, 2.24) is 4.98 Å². The normalized spacial score (nSPS) is 16.2. The van der Waals surface area contributed by atoms with Crippen LogP contribution in [0.4, 0.5) is 92.2 Å². The van der Waals surface area contributed by atoms with E-state index in [1.165, 1.54) is 48.7 Å². The largest absolute Gasteiger partial charge is 0.481 e. The number of methoxy groups -OCH3 is 1. The maximum atomic E-state index is 15.2. The van der Waals surface area contributed by atoms with Crippen LogP contribution < -0.4 is 10.1 Å². The Balaban J connectivity index is 3.86. The minimum Gasteiger partial charge on any atom is -0.481 e. The summed E-state index contributed by atoms with van der Waals surface area (Å²) >= 11 is 0. The van der Waals surface area contributed by atoms with Crippen LogP contribution in [0.5, 0.6) is 5.88 Å². The molecule has 0 N–H and O–H groups in total. The number of halogens is 21. The molecule has 1 aromatic heterocycles. The molecule has 0 aliphatic rings. The first-order valence-corrected chi connectivity index (χ1v) is 22.3. The molecule has 57 heavy (non-hydrogen) atoms. The standard InChI is InChI=1S/C31H40F21NO2Si2/c1-11-19(18-14-20(56(8,9)10)53-21(54-7)17(18)6)55-57(15(2)3,16(4)5)13-12-22(32,33)23(34,35)24(36,37)25(38,39)26(40,41)27(42,43)28(44,45)29(46,47)30(48,49)31(50,51)52/h14-16,19H,11-13H2,1-10H3. The minimum absolute atomic E-state index is 0.00601. The zero-order valence-electron chi connectivity index (χ0n) is 31.6. The number of alkyl halides is 21. The van der Waals surface area contributed by atoms with Crippen molar-refractivity contribution in [2.75, 3.05) is 7.11 Å². The summed E-state index contributed by atoms with van der Waals surface area (Å²) in [5, 5.41) is 0.538. The van der Waals surface area contributed by atoms with Crippen LogP contribution >= 0.6 is 0 Å². The Bertz CT molecular complexity index is 1550. The molecule has 0 aliphatic carbocycles. The van der Waals surface area contributed by atoms with Gasteiger partial charge in [0.15, 0.2) is 8.32 Å². The third kappa shape index (κ3) is 8.21. The molecular weight excluding hydrogens is 873 g/mol. The van der Waals surface area contributed by atoms with Crippen LogP contribution in [0.3, 0.4) is 0 Å². The van der Waals surface area contributed by atoms with E-state index in [2.05, 4.69) is 4.98 Å². The summed E-state index contributed by atoms with van der Waals surface area (Å²) in [6.45, 7) is 13.9. The Labute approximate surface area is 315 Å². The van der Waals surface area contributed by atoms with Gasteiger partial charge < -0.3 is 9.16 Å². The van der Waals surface area contributed by atoms with E-state index in [-0.39, 0.29) is 12.3 Å². The van der Waals surface area contributed by atoms with Crippen LogP contribution in [0.25, 0.3) is 0 Å². The third-order valence-corrected chi connectivity index (χ3v) is 17.1. The Kier molecular flexibility index (Phi) is 14.6. The molecule has 26 heteroatoms. The second-order valence-electron chi connectivity index (χ2n) is 15.1. The molecule has 0 radical (unpaired) electrons. The molecule has 1 atom stereocenters. The van der Waals surface area contributed by atoms with E-state index in [9.17, 15) is 83.4 Å². The first-order valence-electron chi connectivity index (χ1n) is 16.5. The van der Waals surface area contributed by atoms with Crippen LogP contribution in [0, 0.1) is 6.92 Å². The van der Waals surface area contributed by atoms with E-state index in [1.807, 2.05) is 19.6 Å². The Morgan fingerprint density at radius 2 is 0.947 bits per heavy atom.